The largest absolute Gasteiger partial charge is 0.338 e. The Morgan fingerprint density at radius 2 is 2.12 bits per heavy atom. The Hall–Kier alpha value is -2.78. The van der Waals surface area contributed by atoms with Crippen molar-refractivity contribution in [2.75, 3.05) is 11.1 Å². The zero-order valence-corrected chi connectivity index (χ0v) is 15.4. The number of rotatable bonds is 5. The summed E-state index contributed by atoms with van der Waals surface area (Å²) in [5, 5.41) is 12.6. The molecule has 0 radical (unpaired) electrons. The van der Waals surface area contributed by atoms with E-state index in [4.69, 9.17) is 0 Å². The summed E-state index contributed by atoms with van der Waals surface area (Å²) < 4.78 is 0. The van der Waals surface area contributed by atoms with Crippen molar-refractivity contribution in [1.29, 1.82) is 0 Å². The summed E-state index contributed by atoms with van der Waals surface area (Å²) in [6.45, 7) is 1.84. The quantitative estimate of drug-likeness (QED) is 0.513. The molecular formula is C17H14N6OS2. The van der Waals surface area contributed by atoms with Gasteiger partial charge in [0.05, 0.1) is 21.8 Å². The first kappa shape index (κ1) is 16.7. The molecule has 9 heteroatoms. The number of para-hydroxylation sites is 2. The van der Waals surface area contributed by atoms with E-state index >= 15 is 0 Å². The van der Waals surface area contributed by atoms with Crippen LogP contribution < -0.4 is 5.32 Å². The minimum Gasteiger partial charge on any atom is -0.338 e. The minimum absolute atomic E-state index is 0.130. The number of thioether (sulfide) groups is 1. The first-order chi connectivity index (χ1) is 12.7. The van der Waals surface area contributed by atoms with Gasteiger partial charge in [-0.1, -0.05) is 35.2 Å². The van der Waals surface area contributed by atoms with Crippen molar-refractivity contribution >= 4 is 45.2 Å². The molecule has 0 bridgehead atoms. The molecule has 2 N–H and O–H groups in total. The summed E-state index contributed by atoms with van der Waals surface area (Å²) in [7, 11) is 0. The Morgan fingerprint density at radius 3 is 2.85 bits per heavy atom. The van der Waals surface area contributed by atoms with E-state index in [9.17, 15) is 4.79 Å². The van der Waals surface area contributed by atoms with Crippen molar-refractivity contribution in [2.24, 2.45) is 0 Å². The number of amides is 1. The van der Waals surface area contributed by atoms with Crippen molar-refractivity contribution in [1.82, 2.24) is 25.1 Å². The Bertz CT molecular complexity index is 1020. The molecule has 0 saturated heterocycles. The van der Waals surface area contributed by atoms with E-state index in [1.54, 1.807) is 6.20 Å². The third-order valence-corrected chi connectivity index (χ3v) is 5.22. The number of pyridine rings is 1. The number of nitrogens with zero attached hydrogens (tertiary/aromatic N) is 4. The molecule has 0 aliphatic heterocycles. The van der Waals surface area contributed by atoms with Crippen LogP contribution in [0.25, 0.3) is 22.4 Å². The lowest BCUT2D eigenvalue weighted by Crippen LogP contribution is -2.13. The van der Waals surface area contributed by atoms with E-state index in [1.165, 1.54) is 23.1 Å². The molecule has 0 fully saturated rings. The van der Waals surface area contributed by atoms with Gasteiger partial charge in [0.25, 0.3) is 0 Å². The number of carbonyl (C=O) groups is 1. The molecule has 1 aromatic carbocycles. The molecule has 0 aliphatic carbocycles. The van der Waals surface area contributed by atoms with Gasteiger partial charge in [-0.2, -0.15) is 0 Å². The second-order valence-electron chi connectivity index (χ2n) is 5.45. The number of carbonyl (C=O) groups excluding carboxylic acids is 1. The van der Waals surface area contributed by atoms with Gasteiger partial charge in [-0.3, -0.25) is 10.1 Å². The lowest BCUT2D eigenvalue weighted by atomic mass is 10.3. The Balaban J connectivity index is 1.39. The van der Waals surface area contributed by atoms with Crippen LogP contribution in [0.15, 0.2) is 47.6 Å². The number of anilines is 1. The molecule has 0 atom stereocenters. The highest BCUT2D eigenvalue weighted by atomic mass is 32.2. The zero-order valence-electron chi connectivity index (χ0n) is 13.8. The van der Waals surface area contributed by atoms with Crippen molar-refractivity contribution in [3.63, 3.8) is 0 Å². The number of H-pyrrole nitrogens is 1. The second kappa shape index (κ2) is 7.22. The highest BCUT2D eigenvalue weighted by Gasteiger charge is 2.09. The fourth-order valence-corrected chi connectivity index (χ4v) is 3.59. The number of benzene rings is 1. The molecule has 130 valence electrons. The first-order valence-electron chi connectivity index (χ1n) is 7.81. The molecule has 0 saturated carbocycles. The second-order valence-corrected chi connectivity index (χ2v) is 7.63. The average Bonchev–Trinajstić information content (AvgIpc) is 3.26. The van der Waals surface area contributed by atoms with E-state index in [-0.39, 0.29) is 11.7 Å². The maximum atomic E-state index is 11.9. The van der Waals surface area contributed by atoms with Crippen LogP contribution in [0.5, 0.6) is 0 Å². The summed E-state index contributed by atoms with van der Waals surface area (Å²) in [4.78, 5) is 24.2. The Morgan fingerprint density at radius 1 is 1.23 bits per heavy atom. The lowest BCUT2D eigenvalue weighted by Gasteiger charge is -2.02. The van der Waals surface area contributed by atoms with Crippen LogP contribution in [0.3, 0.4) is 0 Å². The molecule has 4 rings (SSSR count). The normalized spacial score (nSPS) is 11.0. The zero-order chi connectivity index (χ0) is 17.9. The molecule has 3 aromatic heterocycles. The van der Waals surface area contributed by atoms with Crippen molar-refractivity contribution in [3.05, 3.63) is 47.6 Å². The van der Waals surface area contributed by atoms with E-state index < -0.39 is 0 Å². The SMILES string of the molecule is Cc1nnc(NC(=O)CSc2ccc(-c3nc4ccccc4[nH]3)cn2)s1. The van der Waals surface area contributed by atoms with Crippen LogP contribution in [0, 0.1) is 6.92 Å². The van der Waals surface area contributed by atoms with Gasteiger partial charge in [-0.25, -0.2) is 9.97 Å². The number of hydrogen-bond donors (Lipinski definition) is 2. The van der Waals surface area contributed by atoms with Crippen LogP contribution >= 0.6 is 23.1 Å². The van der Waals surface area contributed by atoms with Gasteiger partial charge in [-0.05, 0) is 31.2 Å². The Kier molecular flexibility index (Phi) is 4.63. The summed E-state index contributed by atoms with van der Waals surface area (Å²) in [6.07, 6.45) is 1.76. The maximum absolute atomic E-state index is 11.9. The van der Waals surface area contributed by atoms with Gasteiger partial charge in [0.2, 0.25) is 11.0 Å². The number of hydrogen-bond acceptors (Lipinski definition) is 7. The standard InChI is InChI=1S/C17H14N6OS2/c1-10-22-23-17(26-10)21-14(24)9-25-15-7-6-11(8-18-15)16-19-12-4-2-3-5-13(12)20-16/h2-8H,9H2,1H3,(H,19,20)(H,21,23,24). The molecule has 0 aliphatic rings. The van der Waals surface area contributed by atoms with Gasteiger partial charge < -0.3 is 4.98 Å². The number of imidazole rings is 1. The Labute approximate surface area is 157 Å². The van der Waals surface area contributed by atoms with Crippen LogP contribution in [0.4, 0.5) is 5.13 Å². The van der Waals surface area contributed by atoms with E-state index in [2.05, 4.69) is 30.5 Å². The van der Waals surface area contributed by atoms with Crippen molar-refractivity contribution in [3.8, 4) is 11.4 Å². The highest BCUT2D eigenvalue weighted by Crippen LogP contribution is 2.23. The van der Waals surface area contributed by atoms with Crippen molar-refractivity contribution in [2.45, 2.75) is 11.9 Å². The first-order valence-corrected chi connectivity index (χ1v) is 9.61. The fraction of sp³-hybridized carbons (Fsp3) is 0.118. The lowest BCUT2D eigenvalue weighted by molar-refractivity contribution is -0.113. The van der Waals surface area contributed by atoms with Crippen LogP contribution in [-0.2, 0) is 4.79 Å². The number of aromatic amines is 1. The molecule has 26 heavy (non-hydrogen) atoms. The molecular weight excluding hydrogens is 368 g/mol. The number of nitrogens with one attached hydrogen (secondary N) is 2. The summed E-state index contributed by atoms with van der Waals surface area (Å²) in [5.74, 6) is 0.907. The fourth-order valence-electron chi connectivity index (χ4n) is 2.34. The maximum Gasteiger partial charge on any atom is 0.236 e. The molecule has 3 heterocycles. The minimum atomic E-state index is -0.130. The average molecular weight is 382 g/mol. The molecule has 0 spiro atoms. The van der Waals surface area contributed by atoms with Crippen LogP contribution in [0.1, 0.15) is 5.01 Å². The van der Waals surface area contributed by atoms with Crippen LogP contribution in [-0.4, -0.2) is 36.8 Å². The number of aryl methyl sites for hydroxylation is 1. The van der Waals surface area contributed by atoms with Gasteiger partial charge in [-0.15, -0.1) is 10.2 Å². The van der Waals surface area contributed by atoms with Gasteiger partial charge in [0.1, 0.15) is 10.8 Å². The molecule has 7 nitrogen and oxygen atoms in total. The van der Waals surface area contributed by atoms with E-state index in [0.29, 0.717) is 5.13 Å². The van der Waals surface area contributed by atoms with Gasteiger partial charge in [0, 0.05) is 11.8 Å². The summed E-state index contributed by atoms with van der Waals surface area (Å²) in [6, 6.07) is 11.7. The smallest absolute Gasteiger partial charge is 0.236 e. The van der Waals surface area contributed by atoms with E-state index in [1.807, 2.05) is 43.3 Å². The summed E-state index contributed by atoms with van der Waals surface area (Å²) in [5.41, 5.74) is 2.81. The monoisotopic (exact) mass is 382 g/mol. The molecule has 0 unspecified atom stereocenters. The van der Waals surface area contributed by atoms with Crippen LogP contribution in [0.2, 0.25) is 0 Å². The molecule has 1 amide bonds. The van der Waals surface area contributed by atoms with E-state index in [0.717, 1.165) is 32.5 Å². The molecule has 4 aromatic rings. The van der Waals surface area contributed by atoms with Gasteiger partial charge in [0.15, 0.2) is 0 Å². The topological polar surface area (TPSA) is 96.5 Å². The number of aromatic nitrogens is 5. The van der Waals surface area contributed by atoms with Gasteiger partial charge >= 0.3 is 0 Å². The summed E-state index contributed by atoms with van der Waals surface area (Å²) >= 11 is 2.72. The third kappa shape index (κ3) is 3.73. The third-order valence-electron chi connectivity index (χ3n) is 3.52. The number of fused-ring (bicyclic) bond motifs is 1. The van der Waals surface area contributed by atoms with Crippen molar-refractivity contribution < 1.29 is 4.79 Å². The predicted molar refractivity (Wildman–Crippen MR) is 103 cm³/mol. The highest BCUT2D eigenvalue weighted by molar-refractivity contribution is 7.99. The predicted octanol–water partition coefficient (Wildman–Crippen LogP) is 3.52.